The van der Waals surface area contributed by atoms with Crippen LogP contribution < -0.4 is 19.9 Å². The van der Waals surface area contributed by atoms with E-state index in [1.165, 1.54) is 0 Å². The molecule has 0 spiro atoms. The van der Waals surface area contributed by atoms with E-state index in [9.17, 15) is 0 Å². The summed E-state index contributed by atoms with van der Waals surface area (Å²) in [5.74, 6) is 2.01. The number of nitrogen functional groups attached to an aromatic ring is 1. The van der Waals surface area contributed by atoms with Crippen molar-refractivity contribution in [2.24, 2.45) is 0 Å². The van der Waals surface area contributed by atoms with E-state index < -0.39 is 0 Å². The maximum Gasteiger partial charge on any atom is 0.163 e. The first-order valence-electron chi connectivity index (χ1n) is 6.70. The fourth-order valence-corrected chi connectivity index (χ4v) is 2.44. The predicted octanol–water partition coefficient (Wildman–Crippen LogP) is 3.58. The van der Waals surface area contributed by atoms with Gasteiger partial charge in [-0.2, -0.15) is 0 Å². The average Bonchev–Trinajstić information content (AvgIpc) is 2.46. The van der Waals surface area contributed by atoms with Crippen molar-refractivity contribution in [2.75, 3.05) is 18.9 Å². The molecule has 0 radical (unpaired) electrons. The molecule has 0 fully saturated rings. The second kappa shape index (κ2) is 5.74. The Morgan fingerprint density at radius 1 is 1.14 bits per heavy atom. The minimum atomic E-state index is 0.325. The lowest BCUT2D eigenvalue weighted by molar-refractivity contribution is 0.171. The van der Waals surface area contributed by atoms with Crippen molar-refractivity contribution in [1.29, 1.82) is 0 Å². The Bertz CT molecular complexity index is 673. The smallest absolute Gasteiger partial charge is 0.163 e. The molecule has 4 nitrogen and oxygen atoms in total. The van der Waals surface area contributed by atoms with Gasteiger partial charge >= 0.3 is 0 Å². The first kappa shape index (κ1) is 13.9. The third kappa shape index (κ3) is 3.00. The van der Waals surface area contributed by atoms with Crippen LogP contribution in [0.15, 0.2) is 30.3 Å². The molecule has 0 unspecified atom stereocenters. The standard InChI is InChI=1S/C16H16ClNO3/c1-10-2-3-14(12(17)6-10)21-9-11-7-15-16(8-13(11)18)20-5-4-19-15/h2-3,6-8H,4-5,9,18H2,1H3. The summed E-state index contributed by atoms with van der Waals surface area (Å²) >= 11 is 6.15. The summed E-state index contributed by atoms with van der Waals surface area (Å²) in [4.78, 5) is 0. The number of benzene rings is 2. The van der Waals surface area contributed by atoms with Crippen LogP contribution in [-0.2, 0) is 6.61 Å². The van der Waals surface area contributed by atoms with Gasteiger partial charge in [-0.05, 0) is 30.7 Å². The summed E-state index contributed by atoms with van der Waals surface area (Å²) in [7, 11) is 0. The molecule has 0 aliphatic carbocycles. The zero-order valence-electron chi connectivity index (χ0n) is 11.7. The highest BCUT2D eigenvalue weighted by Crippen LogP contribution is 2.35. The van der Waals surface area contributed by atoms with Crippen LogP contribution in [0.4, 0.5) is 5.69 Å². The molecule has 1 aliphatic rings. The van der Waals surface area contributed by atoms with Crippen molar-refractivity contribution < 1.29 is 14.2 Å². The van der Waals surface area contributed by atoms with E-state index in [4.69, 9.17) is 31.5 Å². The van der Waals surface area contributed by atoms with Crippen LogP contribution in [0.3, 0.4) is 0 Å². The van der Waals surface area contributed by atoms with Crippen LogP contribution in [0.1, 0.15) is 11.1 Å². The molecule has 0 saturated heterocycles. The maximum absolute atomic E-state index is 6.15. The molecule has 0 saturated carbocycles. The van der Waals surface area contributed by atoms with Gasteiger partial charge in [-0.1, -0.05) is 17.7 Å². The van der Waals surface area contributed by atoms with Crippen molar-refractivity contribution in [2.45, 2.75) is 13.5 Å². The quantitative estimate of drug-likeness (QED) is 0.881. The fraction of sp³-hybridized carbons (Fsp3) is 0.250. The molecule has 110 valence electrons. The lowest BCUT2D eigenvalue weighted by Gasteiger charge is -2.20. The molecule has 0 aromatic heterocycles. The van der Waals surface area contributed by atoms with E-state index >= 15 is 0 Å². The van der Waals surface area contributed by atoms with Crippen molar-refractivity contribution >= 4 is 17.3 Å². The number of nitrogens with two attached hydrogens (primary N) is 1. The van der Waals surface area contributed by atoms with E-state index in [2.05, 4.69) is 0 Å². The molecule has 21 heavy (non-hydrogen) atoms. The highest BCUT2D eigenvalue weighted by atomic mass is 35.5. The van der Waals surface area contributed by atoms with Crippen LogP contribution in [0.5, 0.6) is 17.2 Å². The number of hydrogen-bond donors (Lipinski definition) is 1. The monoisotopic (exact) mass is 305 g/mol. The molecule has 0 atom stereocenters. The second-order valence-corrected chi connectivity index (χ2v) is 5.32. The van der Waals surface area contributed by atoms with Gasteiger partial charge in [0, 0.05) is 17.3 Å². The summed E-state index contributed by atoms with van der Waals surface area (Å²) in [6, 6.07) is 9.29. The molecule has 2 N–H and O–H groups in total. The first-order valence-corrected chi connectivity index (χ1v) is 7.08. The first-order chi connectivity index (χ1) is 10.1. The second-order valence-electron chi connectivity index (χ2n) is 4.92. The molecule has 1 heterocycles. The molecular formula is C16H16ClNO3. The third-order valence-electron chi connectivity index (χ3n) is 3.27. The number of hydrogen-bond acceptors (Lipinski definition) is 4. The number of halogens is 1. The SMILES string of the molecule is Cc1ccc(OCc2cc3c(cc2N)OCCO3)c(Cl)c1. The van der Waals surface area contributed by atoms with E-state index in [0.717, 1.165) is 11.1 Å². The van der Waals surface area contributed by atoms with Crippen LogP contribution in [0.25, 0.3) is 0 Å². The highest BCUT2D eigenvalue weighted by molar-refractivity contribution is 6.32. The topological polar surface area (TPSA) is 53.7 Å². The number of fused-ring (bicyclic) bond motifs is 1. The summed E-state index contributed by atoms with van der Waals surface area (Å²) in [6.07, 6.45) is 0. The van der Waals surface area contributed by atoms with Crippen molar-refractivity contribution in [3.8, 4) is 17.2 Å². The van der Waals surface area contributed by atoms with Gasteiger partial charge in [0.25, 0.3) is 0 Å². The zero-order chi connectivity index (χ0) is 14.8. The van der Waals surface area contributed by atoms with Crippen LogP contribution in [0, 0.1) is 6.92 Å². The van der Waals surface area contributed by atoms with Crippen molar-refractivity contribution in [3.63, 3.8) is 0 Å². The van der Waals surface area contributed by atoms with E-state index in [0.29, 0.717) is 47.8 Å². The minimum Gasteiger partial charge on any atom is -0.487 e. The van der Waals surface area contributed by atoms with Crippen molar-refractivity contribution in [3.05, 3.63) is 46.5 Å². The molecule has 1 aliphatic heterocycles. The summed E-state index contributed by atoms with van der Waals surface area (Å²) in [5, 5.41) is 0.589. The Morgan fingerprint density at radius 2 is 1.86 bits per heavy atom. The van der Waals surface area contributed by atoms with Crippen LogP contribution in [0.2, 0.25) is 5.02 Å². The lowest BCUT2D eigenvalue weighted by atomic mass is 10.1. The van der Waals surface area contributed by atoms with Gasteiger partial charge in [-0.25, -0.2) is 0 Å². The lowest BCUT2D eigenvalue weighted by Crippen LogP contribution is -2.16. The average molecular weight is 306 g/mol. The molecule has 3 rings (SSSR count). The fourth-order valence-electron chi connectivity index (χ4n) is 2.15. The third-order valence-corrected chi connectivity index (χ3v) is 3.57. The largest absolute Gasteiger partial charge is 0.487 e. The van der Waals surface area contributed by atoms with Gasteiger partial charge in [0.05, 0.1) is 5.02 Å². The van der Waals surface area contributed by atoms with Gasteiger partial charge < -0.3 is 19.9 Å². The summed E-state index contributed by atoms with van der Waals surface area (Å²) in [6.45, 7) is 3.39. The van der Waals surface area contributed by atoms with Gasteiger partial charge in [0.2, 0.25) is 0 Å². The molecular weight excluding hydrogens is 290 g/mol. The molecule has 0 bridgehead atoms. The Labute approximate surface area is 128 Å². The maximum atomic E-state index is 6.15. The number of aryl methyl sites for hydroxylation is 1. The number of ether oxygens (including phenoxy) is 3. The van der Waals surface area contributed by atoms with Gasteiger partial charge in [-0.15, -0.1) is 0 Å². The Kier molecular flexibility index (Phi) is 3.80. The van der Waals surface area contributed by atoms with Crippen LogP contribution in [-0.4, -0.2) is 13.2 Å². The molecule has 0 amide bonds. The summed E-state index contributed by atoms with van der Waals surface area (Å²) in [5.41, 5.74) is 8.57. The van der Waals surface area contributed by atoms with Crippen LogP contribution >= 0.6 is 11.6 Å². The zero-order valence-corrected chi connectivity index (χ0v) is 12.4. The Balaban J connectivity index is 1.78. The molecule has 2 aromatic rings. The Morgan fingerprint density at radius 3 is 2.57 bits per heavy atom. The van der Waals surface area contributed by atoms with Gasteiger partial charge in [0.1, 0.15) is 25.6 Å². The normalized spacial score (nSPS) is 13.0. The van der Waals surface area contributed by atoms with Crippen molar-refractivity contribution in [1.82, 2.24) is 0 Å². The highest BCUT2D eigenvalue weighted by Gasteiger charge is 2.15. The predicted molar refractivity (Wildman–Crippen MR) is 82.4 cm³/mol. The molecule has 5 heteroatoms. The number of anilines is 1. The minimum absolute atomic E-state index is 0.325. The van der Waals surface area contributed by atoms with Gasteiger partial charge in [0.15, 0.2) is 11.5 Å². The van der Waals surface area contributed by atoms with E-state index in [1.807, 2.05) is 31.2 Å². The van der Waals surface area contributed by atoms with Gasteiger partial charge in [-0.3, -0.25) is 0 Å². The summed E-state index contributed by atoms with van der Waals surface area (Å²) < 4.78 is 16.8. The Hall–Kier alpha value is -2.07. The molecule has 2 aromatic carbocycles. The van der Waals surface area contributed by atoms with E-state index in [1.54, 1.807) is 6.07 Å². The number of rotatable bonds is 3. The van der Waals surface area contributed by atoms with E-state index in [-0.39, 0.29) is 0 Å².